The highest BCUT2D eigenvalue weighted by Gasteiger charge is 2.09. The molecule has 0 aromatic heterocycles. The molecule has 1 rings (SSSR count). The second-order valence-corrected chi connectivity index (χ2v) is 7.34. The van der Waals surface area contributed by atoms with E-state index in [1.165, 1.54) is 5.56 Å². The number of benzene rings is 1. The molecule has 0 saturated heterocycles. The molecule has 0 heterocycles. The molecule has 0 aliphatic heterocycles. The molecule has 106 valence electrons. The number of carbonyl (C=O) groups excluding carboxylic acids is 1. The van der Waals surface area contributed by atoms with E-state index in [2.05, 4.69) is 6.07 Å². The van der Waals surface area contributed by atoms with Gasteiger partial charge in [0.1, 0.15) is 15.6 Å². The van der Waals surface area contributed by atoms with Gasteiger partial charge in [-0.3, -0.25) is 4.79 Å². The number of sulfone groups is 1. The van der Waals surface area contributed by atoms with E-state index in [0.29, 0.717) is 19.3 Å². The lowest BCUT2D eigenvalue weighted by molar-refractivity contribution is -0.119. The van der Waals surface area contributed by atoms with Gasteiger partial charge in [-0.2, -0.15) is 0 Å². The Bertz CT molecular complexity index is 518. The van der Waals surface area contributed by atoms with E-state index < -0.39 is 9.84 Å². The Hall–Kier alpha value is -1.16. The minimum atomic E-state index is -2.94. The van der Waals surface area contributed by atoms with Crippen LogP contribution in [0.2, 0.25) is 0 Å². The van der Waals surface area contributed by atoms with Crippen LogP contribution < -0.4 is 0 Å². The summed E-state index contributed by atoms with van der Waals surface area (Å²) in [6, 6.07) is 8.11. The van der Waals surface area contributed by atoms with Gasteiger partial charge in [-0.25, -0.2) is 8.42 Å². The number of ketones is 1. The van der Waals surface area contributed by atoms with Gasteiger partial charge < -0.3 is 0 Å². The van der Waals surface area contributed by atoms with Crippen LogP contribution in [0.5, 0.6) is 0 Å². The summed E-state index contributed by atoms with van der Waals surface area (Å²) < 4.78 is 22.6. The van der Waals surface area contributed by atoms with Crippen molar-refractivity contribution in [2.75, 3.05) is 11.5 Å². The minimum Gasteiger partial charge on any atom is -0.300 e. The summed E-state index contributed by atoms with van der Waals surface area (Å²) in [7, 11) is -2.94. The van der Waals surface area contributed by atoms with Gasteiger partial charge in [0.2, 0.25) is 0 Å². The highest BCUT2D eigenvalue weighted by molar-refractivity contribution is 7.91. The highest BCUT2D eigenvalue weighted by Crippen LogP contribution is 2.08. The highest BCUT2D eigenvalue weighted by atomic mass is 32.2. The van der Waals surface area contributed by atoms with Crippen LogP contribution in [0.25, 0.3) is 0 Å². The summed E-state index contributed by atoms with van der Waals surface area (Å²) in [5, 5.41) is 0. The predicted octanol–water partition coefficient (Wildman–Crippen LogP) is 2.71. The second kappa shape index (κ2) is 7.43. The molecule has 0 N–H and O–H groups in total. The van der Waals surface area contributed by atoms with Crippen molar-refractivity contribution in [3.8, 4) is 0 Å². The van der Waals surface area contributed by atoms with Crippen molar-refractivity contribution in [2.24, 2.45) is 0 Å². The number of aryl methyl sites for hydroxylation is 2. The van der Waals surface area contributed by atoms with Crippen molar-refractivity contribution in [3.63, 3.8) is 0 Å². The molecule has 4 heteroatoms. The SMILES string of the molecule is CCS(=O)(=O)CCCC(=O)CCc1cccc(C)c1. The molecule has 0 fully saturated rings. The first-order valence-electron chi connectivity index (χ1n) is 6.70. The quantitative estimate of drug-likeness (QED) is 0.736. The van der Waals surface area contributed by atoms with Crippen molar-refractivity contribution in [3.05, 3.63) is 35.4 Å². The van der Waals surface area contributed by atoms with Crippen LogP contribution in [0.1, 0.15) is 37.3 Å². The lowest BCUT2D eigenvalue weighted by atomic mass is 10.0. The average Bonchev–Trinajstić information content (AvgIpc) is 2.36. The molecule has 0 bridgehead atoms. The van der Waals surface area contributed by atoms with Crippen LogP contribution in [0, 0.1) is 6.92 Å². The molecule has 0 aliphatic rings. The standard InChI is InChI=1S/C15H22O3S/c1-3-19(17,18)11-5-8-15(16)10-9-14-7-4-6-13(2)12-14/h4,6-7,12H,3,5,8-11H2,1-2H3. The number of hydrogen-bond donors (Lipinski definition) is 0. The third kappa shape index (κ3) is 6.53. The van der Waals surface area contributed by atoms with Gasteiger partial charge in [0, 0.05) is 18.6 Å². The summed E-state index contributed by atoms with van der Waals surface area (Å²) in [5.41, 5.74) is 2.36. The van der Waals surface area contributed by atoms with Gasteiger partial charge in [0.05, 0.1) is 5.75 Å². The Morgan fingerprint density at radius 1 is 1.21 bits per heavy atom. The minimum absolute atomic E-state index is 0.125. The molecule has 0 saturated carbocycles. The van der Waals surface area contributed by atoms with Gasteiger partial charge in [0.15, 0.2) is 0 Å². The van der Waals surface area contributed by atoms with E-state index in [1.807, 2.05) is 25.1 Å². The third-order valence-electron chi connectivity index (χ3n) is 3.13. The Labute approximate surface area is 116 Å². The average molecular weight is 282 g/mol. The largest absolute Gasteiger partial charge is 0.300 e. The van der Waals surface area contributed by atoms with Crippen LogP contribution in [0.3, 0.4) is 0 Å². The molecule has 0 aliphatic carbocycles. The number of Topliss-reactive ketones (excluding diaryl/α,β-unsaturated/α-hetero) is 1. The monoisotopic (exact) mass is 282 g/mol. The summed E-state index contributed by atoms with van der Waals surface area (Å²) in [6.07, 6.45) is 2.05. The number of hydrogen-bond acceptors (Lipinski definition) is 3. The maximum atomic E-state index is 11.7. The summed E-state index contributed by atoms with van der Waals surface area (Å²) in [6.45, 7) is 3.66. The molecule has 1 aromatic rings. The first-order valence-corrected chi connectivity index (χ1v) is 8.53. The first-order chi connectivity index (χ1) is 8.93. The molecule has 0 radical (unpaired) electrons. The van der Waals surface area contributed by atoms with E-state index in [1.54, 1.807) is 6.92 Å². The smallest absolute Gasteiger partial charge is 0.150 e. The Morgan fingerprint density at radius 3 is 2.58 bits per heavy atom. The van der Waals surface area contributed by atoms with Crippen LogP contribution >= 0.6 is 0 Å². The van der Waals surface area contributed by atoms with Gasteiger partial charge in [-0.1, -0.05) is 36.8 Å². The predicted molar refractivity (Wildman–Crippen MR) is 78.1 cm³/mol. The zero-order valence-electron chi connectivity index (χ0n) is 11.7. The van der Waals surface area contributed by atoms with E-state index in [-0.39, 0.29) is 17.3 Å². The van der Waals surface area contributed by atoms with Crippen molar-refractivity contribution in [2.45, 2.75) is 39.5 Å². The summed E-state index contributed by atoms with van der Waals surface area (Å²) in [5.74, 6) is 0.428. The molecule has 0 spiro atoms. The second-order valence-electron chi connectivity index (χ2n) is 4.87. The molecule has 0 unspecified atom stereocenters. The molecular formula is C15H22O3S. The molecule has 3 nitrogen and oxygen atoms in total. The Balaban J connectivity index is 2.29. The molecule has 19 heavy (non-hydrogen) atoms. The van der Waals surface area contributed by atoms with Crippen LogP contribution in [0.4, 0.5) is 0 Å². The maximum Gasteiger partial charge on any atom is 0.150 e. The lowest BCUT2D eigenvalue weighted by Gasteiger charge is -2.03. The van der Waals surface area contributed by atoms with Crippen molar-refractivity contribution >= 4 is 15.6 Å². The fourth-order valence-electron chi connectivity index (χ4n) is 1.91. The van der Waals surface area contributed by atoms with Crippen LogP contribution in [-0.2, 0) is 21.1 Å². The summed E-state index contributed by atoms with van der Waals surface area (Å²) in [4.78, 5) is 11.7. The topological polar surface area (TPSA) is 51.2 Å². The molecule has 0 amide bonds. The molecule has 1 aromatic carbocycles. The third-order valence-corrected chi connectivity index (χ3v) is 4.92. The van der Waals surface area contributed by atoms with Crippen LogP contribution in [-0.4, -0.2) is 25.7 Å². The van der Waals surface area contributed by atoms with Crippen molar-refractivity contribution in [1.82, 2.24) is 0 Å². The van der Waals surface area contributed by atoms with E-state index >= 15 is 0 Å². The Morgan fingerprint density at radius 2 is 1.95 bits per heavy atom. The number of carbonyl (C=O) groups is 1. The van der Waals surface area contributed by atoms with Gasteiger partial charge in [0.25, 0.3) is 0 Å². The van der Waals surface area contributed by atoms with E-state index in [0.717, 1.165) is 12.0 Å². The van der Waals surface area contributed by atoms with E-state index in [4.69, 9.17) is 0 Å². The lowest BCUT2D eigenvalue weighted by Crippen LogP contribution is -2.10. The Kier molecular flexibility index (Phi) is 6.22. The van der Waals surface area contributed by atoms with E-state index in [9.17, 15) is 13.2 Å². The van der Waals surface area contributed by atoms with Crippen molar-refractivity contribution in [1.29, 1.82) is 0 Å². The van der Waals surface area contributed by atoms with Gasteiger partial charge >= 0.3 is 0 Å². The molecular weight excluding hydrogens is 260 g/mol. The van der Waals surface area contributed by atoms with Crippen molar-refractivity contribution < 1.29 is 13.2 Å². The van der Waals surface area contributed by atoms with Crippen LogP contribution in [0.15, 0.2) is 24.3 Å². The van der Waals surface area contributed by atoms with Gasteiger partial charge in [-0.05, 0) is 25.3 Å². The summed E-state index contributed by atoms with van der Waals surface area (Å²) >= 11 is 0. The fraction of sp³-hybridized carbons (Fsp3) is 0.533. The zero-order valence-corrected chi connectivity index (χ0v) is 12.5. The number of rotatable bonds is 8. The first kappa shape index (κ1) is 15.9. The molecule has 0 atom stereocenters. The van der Waals surface area contributed by atoms with Gasteiger partial charge in [-0.15, -0.1) is 0 Å². The maximum absolute atomic E-state index is 11.7. The fourth-order valence-corrected chi connectivity index (χ4v) is 2.78. The zero-order chi connectivity index (χ0) is 14.3. The normalized spacial score (nSPS) is 11.5.